The third-order valence-electron chi connectivity index (χ3n) is 6.51. The molecule has 1 N–H and O–H groups in total. The Kier molecular flexibility index (Phi) is 6.67. The molecule has 0 atom stereocenters. The van der Waals surface area contributed by atoms with Gasteiger partial charge in [0, 0.05) is 41.0 Å². The van der Waals surface area contributed by atoms with E-state index in [1.165, 1.54) is 16.2 Å². The maximum Gasteiger partial charge on any atom is 0.268 e. The molecular formula is C29H27ClFN3O3S. The van der Waals surface area contributed by atoms with Crippen LogP contribution in [-0.4, -0.2) is 32.9 Å². The summed E-state index contributed by atoms with van der Waals surface area (Å²) in [5.41, 5.74) is 3.11. The molecule has 2 aromatic heterocycles. The number of fused-ring (bicyclic) bond motifs is 1. The van der Waals surface area contributed by atoms with Crippen LogP contribution in [0.4, 0.5) is 4.39 Å². The standard InChI is InChI=1S/C29H27ClFN3O3S/c1-19-7-10-22(11-8-19)38(36,37)34-18-25(23-5-4-6-26(31)28(23)30)24-15-20(9-12-27(24)34)21-16-32-33(17-21)14-13-29(2,3)35/h4-12,15-18,35H,13-14H2,1-3H3. The van der Waals surface area contributed by atoms with Crippen LogP contribution in [0.3, 0.4) is 0 Å². The smallest absolute Gasteiger partial charge is 0.268 e. The maximum absolute atomic E-state index is 14.4. The highest BCUT2D eigenvalue weighted by molar-refractivity contribution is 7.90. The minimum atomic E-state index is -3.95. The van der Waals surface area contributed by atoms with Gasteiger partial charge in [0.15, 0.2) is 0 Å². The van der Waals surface area contributed by atoms with Crippen LogP contribution in [-0.2, 0) is 16.6 Å². The molecule has 5 aromatic rings. The summed E-state index contributed by atoms with van der Waals surface area (Å²) in [6.45, 7) is 5.93. The molecule has 0 radical (unpaired) electrons. The van der Waals surface area contributed by atoms with Gasteiger partial charge in [-0.3, -0.25) is 4.68 Å². The molecule has 0 amide bonds. The van der Waals surface area contributed by atoms with Crippen LogP contribution < -0.4 is 0 Å². The summed E-state index contributed by atoms with van der Waals surface area (Å²) in [6, 6.07) is 16.6. The topological polar surface area (TPSA) is 77.1 Å². The Morgan fingerprint density at radius 3 is 2.45 bits per heavy atom. The van der Waals surface area contributed by atoms with Gasteiger partial charge in [0.25, 0.3) is 10.0 Å². The molecule has 0 unspecified atom stereocenters. The quantitative estimate of drug-likeness (QED) is 0.245. The van der Waals surface area contributed by atoms with E-state index in [0.29, 0.717) is 35.0 Å². The second-order valence-electron chi connectivity index (χ2n) is 10.0. The van der Waals surface area contributed by atoms with Crippen LogP contribution >= 0.6 is 11.6 Å². The van der Waals surface area contributed by atoms with E-state index in [1.807, 2.05) is 25.3 Å². The number of benzene rings is 3. The predicted molar refractivity (Wildman–Crippen MR) is 148 cm³/mol. The van der Waals surface area contributed by atoms with Gasteiger partial charge >= 0.3 is 0 Å². The monoisotopic (exact) mass is 551 g/mol. The van der Waals surface area contributed by atoms with Crippen molar-refractivity contribution in [1.29, 1.82) is 0 Å². The Hall–Kier alpha value is -3.46. The summed E-state index contributed by atoms with van der Waals surface area (Å²) in [5.74, 6) is -0.587. The van der Waals surface area contributed by atoms with Crippen LogP contribution in [0, 0.1) is 12.7 Å². The Morgan fingerprint density at radius 2 is 1.74 bits per heavy atom. The normalized spacial score (nSPS) is 12.4. The second kappa shape index (κ2) is 9.69. The van der Waals surface area contributed by atoms with Crippen molar-refractivity contribution in [2.75, 3.05) is 0 Å². The van der Waals surface area contributed by atoms with Crippen molar-refractivity contribution < 1.29 is 17.9 Å². The second-order valence-corrected chi connectivity index (χ2v) is 12.2. The van der Waals surface area contributed by atoms with Crippen molar-refractivity contribution in [1.82, 2.24) is 13.8 Å². The lowest BCUT2D eigenvalue weighted by Crippen LogP contribution is -2.21. The Balaban J connectivity index is 1.67. The van der Waals surface area contributed by atoms with Crippen molar-refractivity contribution in [3.8, 4) is 22.3 Å². The highest BCUT2D eigenvalue weighted by Crippen LogP contribution is 2.39. The fourth-order valence-electron chi connectivity index (χ4n) is 4.35. The van der Waals surface area contributed by atoms with E-state index in [0.717, 1.165) is 16.7 Å². The molecule has 0 saturated heterocycles. The first-order valence-electron chi connectivity index (χ1n) is 12.1. The molecule has 0 bridgehead atoms. The number of rotatable bonds is 7. The fraction of sp³-hybridized carbons (Fsp3) is 0.207. The summed E-state index contributed by atoms with van der Waals surface area (Å²) in [5, 5.41) is 15.0. The fourth-order valence-corrected chi connectivity index (χ4v) is 5.95. The summed E-state index contributed by atoms with van der Waals surface area (Å²) < 4.78 is 44.8. The summed E-state index contributed by atoms with van der Waals surface area (Å²) in [6.07, 6.45) is 5.63. The number of nitrogens with zero attached hydrogens (tertiary/aromatic N) is 3. The molecule has 2 heterocycles. The molecule has 9 heteroatoms. The number of aliphatic hydroxyl groups is 1. The van der Waals surface area contributed by atoms with Gasteiger partial charge in [0.2, 0.25) is 0 Å². The van der Waals surface area contributed by atoms with E-state index in [4.69, 9.17) is 11.6 Å². The number of hydrogen-bond donors (Lipinski definition) is 1. The van der Waals surface area contributed by atoms with Crippen molar-refractivity contribution >= 4 is 32.5 Å². The molecule has 3 aromatic carbocycles. The molecule has 196 valence electrons. The number of halogens is 2. The Labute approximate surface area is 226 Å². The zero-order valence-corrected chi connectivity index (χ0v) is 22.8. The van der Waals surface area contributed by atoms with Crippen LogP contribution in [0.25, 0.3) is 33.2 Å². The largest absolute Gasteiger partial charge is 0.390 e. The van der Waals surface area contributed by atoms with E-state index in [2.05, 4.69) is 5.10 Å². The molecular weight excluding hydrogens is 525 g/mol. The average molecular weight is 552 g/mol. The number of aromatic nitrogens is 3. The zero-order valence-electron chi connectivity index (χ0n) is 21.2. The van der Waals surface area contributed by atoms with Gasteiger partial charge < -0.3 is 5.11 Å². The summed E-state index contributed by atoms with van der Waals surface area (Å²) in [7, 11) is -3.95. The lowest BCUT2D eigenvalue weighted by molar-refractivity contribution is 0.0651. The van der Waals surface area contributed by atoms with Crippen LogP contribution in [0.5, 0.6) is 0 Å². The number of aryl methyl sites for hydroxylation is 2. The summed E-state index contributed by atoms with van der Waals surface area (Å²) >= 11 is 6.35. The zero-order chi connectivity index (χ0) is 27.2. The molecule has 38 heavy (non-hydrogen) atoms. The lowest BCUT2D eigenvalue weighted by atomic mass is 10.0. The SMILES string of the molecule is Cc1ccc(S(=O)(=O)n2cc(-c3cccc(F)c3Cl)c3cc(-c4cnn(CCC(C)(C)O)c4)ccc32)cc1. The van der Waals surface area contributed by atoms with E-state index in [-0.39, 0.29) is 9.92 Å². The average Bonchev–Trinajstić information content (AvgIpc) is 3.49. The first kappa shape index (κ1) is 26.2. The van der Waals surface area contributed by atoms with E-state index in [9.17, 15) is 17.9 Å². The van der Waals surface area contributed by atoms with Gasteiger partial charge in [-0.15, -0.1) is 0 Å². The molecule has 0 aliphatic carbocycles. The van der Waals surface area contributed by atoms with Crippen LogP contribution in [0.2, 0.25) is 5.02 Å². The number of hydrogen-bond acceptors (Lipinski definition) is 4. The molecule has 5 rings (SSSR count). The van der Waals surface area contributed by atoms with Crippen molar-refractivity contribution in [3.05, 3.63) is 95.7 Å². The molecule has 6 nitrogen and oxygen atoms in total. The predicted octanol–water partition coefficient (Wildman–Crippen LogP) is 6.67. The van der Waals surface area contributed by atoms with Gasteiger partial charge in [-0.05, 0) is 63.1 Å². The maximum atomic E-state index is 14.4. The highest BCUT2D eigenvalue weighted by atomic mass is 35.5. The van der Waals surface area contributed by atoms with Crippen LogP contribution in [0.15, 0.2) is 84.1 Å². The Bertz CT molecular complexity index is 1750. The minimum Gasteiger partial charge on any atom is -0.390 e. The third kappa shape index (κ3) is 4.99. The molecule has 0 aliphatic heterocycles. The first-order chi connectivity index (χ1) is 17.9. The molecule has 0 spiro atoms. The van der Waals surface area contributed by atoms with Crippen LogP contribution in [0.1, 0.15) is 25.8 Å². The van der Waals surface area contributed by atoms with Crippen molar-refractivity contribution in [2.24, 2.45) is 0 Å². The van der Waals surface area contributed by atoms with Gasteiger partial charge in [-0.2, -0.15) is 5.10 Å². The Morgan fingerprint density at radius 1 is 1.00 bits per heavy atom. The minimum absolute atomic E-state index is 0.0795. The molecule has 0 saturated carbocycles. The first-order valence-corrected chi connectivity index (χ1v) is 13.9. The lowest BCUT2D eigenvalue weighted by Gasteiger charge is -2.16. The molecule has 0 fully saturated rings. The van der Waals surface area contributed by atoms with E-state index < -0.39 is 21.4 Å². The van der Waals surface area contributed by atoms with E-state index in [1.54, 1.807) is 67.2 Å². The van der Waals surface area contributed by atoms with E-state index >= 15 is 0 Å². The highest BCUT2D eigenvalue weighted by Gasteiger charge is 2.24. The van der Waals surface area contributed by atoms with Gasteiger partial charge in [0.1, 0.15) is 5.82 Å². The molecule has 0 aliphatic rings. The summed E-state index contributed by atoms with van der Waals surface area (Å²) in [4.78, 5) is 0.147. The van der Waals surface area contributed by atoms with Crippen molar-refractivity contribution in [3.63, 3.8) is 0 Å². The van der Waals surface area contributed by atoms with Crippen molar-refractivity contribution in [2.45, 2.75) is 44.2 Å². The van der Waals surface area contributed by atoms with Gasteiger partial charge in [0.05, 0.1) is 27.2 Å². The third-order valence-corrected chi connectivity index (χ3v) is 8.58. The van der Waals surface area contributed by atoms with Gasteiger partial charge in [-0.25, -0.2) is 16.8 Å². The van der Waals surface area contributed by atoms with Gasteiger partial charge in [-0.1, -0.05) is 47.5 Å².